The molecule has 0 aliphatic heterocycles. The Morgan fingerprint density at radius 3 is 2.43 bits per heavy atom. The Bertz CT molecular complexity index is 177. The van der Waals surface area contributed by atoms with Gasteiger partial charge in [-0.25, -0.2) is 0 Å². The van der Waals surface area contributed by atoms with Crippen molar-refractivity contribution >= 4 is 5.97 Å². The van der Waals surface area contributed by atoms with Crippen LogP contribution in [0.3, 0.4) is 0 Å². The van der Waals surface area contributed by atoms with E-state index in [9.17, 15) is 9.90 Å². The molecule has 4 heteroatoms. The van der Waals surface area contributed by atoms with Crippen LogP contribution in [0.1, 0.15) is 27.2 Å². The molecule has 0 radical (unpaired) electrons. The molecule has 0 amide bonds. The second-order valence-electron chi connectivity index (χ2n) is 3.50. The SMILES string of the molecule is CCOC(=O)C(CC)C(C)(O)COC. The molecule has 0 rings (SSSR count). The van der Waals surface area contributed by atoms with Gasteiger partial charge < -0.3 is 14.6 Å². The molecule has 0 saturated heterocycles. The van der Waals surface area contributed by atoms with E-state index < -0.39 is 11.5 Å². The van der Waals surface area contributed by atoms with E-state index in [-0.39, 0.29) is 12.6 Å². The average molecular weight is 204 g/mol. The predicted octanol–water partition coefficient (Wildman–Crippen LogP) is 0.973. The van der Waals surface area contributed by atoms with Gasteiger partial charge in [0, 0.05) is 7.11 Å². The Kier molecular flexibility index (Phi) is 5.72. The summed E-state index contributed by atoms with van der Waals surface area (Å²) in [6.45, 7) is 5.63. The van der Waals surface area contributed by atoms with Crippen LogP contribution in [0.2, 0.25) is 0 Å². The number of carbonyl (C=O) groups is 1. The lowest BCUT2D eigenvalue weighted by Crippen LogP contribution is -2.43. The summed E-state index contributed by atoms with van der Waals surface area (Å²) >= 11 is 0. The highest BCUT2D eigenvalue weighted by Crippen LogP contribution is 2.22. The summed E-state index contributed by atoms with van der Waals surface area (Å²) < 4.78 is 9.73. The van der Waals surface area contributed by atoms with E-state index in [0.717, 1.165) is 0 Å². The van der Waals surface area contributed by atoms with Crippen LogP contribution in [0, 0.1) is 5.92 Å². The third-order valence-electron chi connectivity index (χ3n) is 2.17. The van der Waals surface area contributed by atoms with Crippen LogP contribution in [0.5, 0.6) is 0 Å². The fourth-order valence-corrected chi connectivity index (χ4v) is 1.50. The minimum atomic E-state index is -1.16. The Morgan fingerprint density at radius 1 is 1.50 bits per heavy atom. The van der Waals surface area contributed by atoms with Gasteiger partial charge in [-0.3, -0.25) is 4.79 Å². The standard InChI is InChI=1S/C10H20O4/c1-5-8(9(11)14-6-2)10(3,12)7-13-4/h8,12H,5-7H2,1-4H3. The molecule has 0 bridgehead atoms. The van der Waals surface area contributed by atoms with Crippen molar-refractivity contribution in [3.63, 3.8) is 0 Å². The van der Waals surface area contributed by atoms with Gasteiger partial charge in [-0.05, 0) is 20.3 Å². The Morgan fingerprint density at radius 2 is 2.07 bits per heavy atom. The second-order valence-corrected chi connectivity index (χ2v) is 3.50. The lowest BCUT2D eigenvalue weighted by Gasteiger charge is -2.29. The largest absolute Gasteiger partial charge is 0.466 e. The van der Waals surface area contributed by atoms with Crippen LogP contribution in [0.4, 0.5) is 0 Å². The summed E-state index contributed by atoms with van der Waals surface area (Å²) in [5.41, 5.74) is -1.16. The van der Waals surface area contributed by atoms with Crippen molar-refractivity contribution in [2.45, 2.75) is 32.8 Å². The molecule has 0 spiro atoms. The zero-order valence-corrected chi connectivity index (χ0v) is 9.37. The fraction of sp³-hybridized carbons (Fsp3) is 0.900. The number of hydrogen-bond donors (Lipinski definition) is 1. The molecule has 0 aromatic rings. The van der Waals surface area contributed by atoms with Crippen LogP contribution in [-0.4, -0.2) is 37.0 Å². The molecule has 2 atom stereocenters. The van der Waals surface area contributed by atoms with Gasteiger partial charge in [0.15, 0.2) is 0 Å². The average Bonchev–Trinajstić information content (AvgIpc) is 2.04. The van der Waals surface area contributed by atoms with Crippen LogP contribution in [0.25, 0.3) is 0 Å². The number of methoxy groups -OCH3 is 1. The highest BCUT2D eigenvalue weighted by Gasteiger charge is 2.37. The Labute approximate surface area is 85.2 Å². The van der Waals surface area contributed by atoms with Crippen molar-refractivity contribution in [2.75, 3.05) is 20.3 Å². The molecule has 0 saturated carbocycles. The molecule has 14 heavy (non-hydrogen) atoms. The summed E-state index contributed by atoms with van der Waals surface area (Å²) in [5.74, 6) is -0.889. The van der Waals surface area contributed by atoms with E-state index in [1.165, 1.54) is 7.11 Å². The number of esters is 1. The molecule has 4 nitrogen and oxygen atoms in total. The van der Waals surface area contributed by atoms with Crippen LogP contribution < -0.4 is 0 Å². The van der Waals surface area contributed by atoms with Gasteiger partial charge in [-0.15, -0.1) is 0 Å². The van der Waals surface area contributed by atoms with Crippen LogP contribution in [-0.2, 0) is 14.3 Å². The molecular weight excluding hydrogens is 184 g/mol. The number of ether oxygens (including phenoxy) is 2. The molecule has 84 valence electrons. The Hall–Kier alpha value is -0.610. The van der Waals surface area contributed by atoms with Crippen molar-refractivity contribution < 1.29 is 19.4 Å². The molecule has 0 fully saturated rings. The molecule has 0 aromatic carbocycles. The van der Waals surface area contributed by atoms with Crippen molar-refractivity contribution in [3.05, 3.63) is 0 Å². The number of carbonyl (C=O) groups excluding carboxylic acids is 1. The highest BCUT2D eigenvalue weighted by molar-refractivity contribution is 5.73. The maximum atomic E-state index is 11.5. The highest BCUT2D eigenvalue weighted by atomic mass is 16.5. The number of hydrogen-bond acceptors (Lipinski definition) is 4. The van der Waals surface area contributed by atoms with Gasteiger partial charge in [0.05, 0.1) is 24.7 Å². The summed E-state index contributed by atoms with van der Waals surface area (Å²) in [6, 6.07) is 0. The van der Waals surface area contributed by atoms with E-state index in [4.69, 9.17) is 9.47 Å². The lowest BCUT2D eigenvalue weighted by atomic mass is 9.88. The third kappa shape index (κ3) is 3.64. The topological polar surface area (TPSA) is 55.8 Å². The van der Waals surface area contributed by atoms with Gasteiger partial charge in [-0.1, -0.05) is 6.92 Å². The van der Waals surface area contributed by atoms with Gasteiger partial charge in [0.1, 0.15) is 0 Å². The van der Waals surface area contributed by atoms with Gasteiger partial charge in [-0.2, -0.15) is 0 Å². The van der Waals surface area contributed by atoms with E-state index in [0.29, 0.717) is 13.0 Å². The molecule has 1 N–H and O–H groups in total. The van der Waals surface area contributed by atoms with E-state index in [1.54, 1.807) is 13.8 Å². The molecule has 0 heterocycles. The van der Waals surface area contributed by atoms with E-state index in [1.807, 2.05) is 6.92 Å². The first kappa shape index (κ1) is 13.4. The zero-order chi connectivity index (χ0) is 11.2. The van der Waals surface area contributed by atoms with Crippen molar-refractivity contribution in [1.29, 1.82) is 0 Å². The number of rotatable bonds is 6. The number of aliphatic hydroxyl groups is 1. The quantitative estimate of drug-likeness (QED) is 0.655. The van der Waals surface area contributed by atoms with Crippen molar-refractivity contribution in [3.8, 4) is 0 Å². The first-order chi connectivity index (χ1) is 6.49. The minimum Gasteiger partial charge on any atom is -0.466 e. The minimum absolute atomic E-state index is 0.129. The summed E-state index contributed by atoms with van der Waals surface area (Å²) in [7, 11) is 1.49. The predicted molar refractivity (Wildman–Crippen MR) is 52.9 cm³/mol. The Balaban J connectivity index is 4.44. The van der Waals surface area contributed by atoms with Crippen LogP contribution >= 0.6 is 0 Å². The second kappa shape index (κ2) is 5.98. The molecule has 0 aliphatic carbocycles. The van der Waals surface area contributed by atoms with Gasteiger partial charge in [0.25, 0.3) is 0 Å². The van der Waals surface area contributed by atoms with E-state index in [2.05, 4.69) is 0 Å². The monoisotopic (exact) mass is 204 g/mol. The van der Waals surface area contributed by atoms with Gasteiger partial charge >= 0.3 is 5.97 Å². The maximum Gasteiger partial charge on any atom is 0.311 e. The third-order valence-corrected chi connectivity index (χ3v) is 2.17. The zero-order valence-electron chi connectivity index (χ0n) is 9.37. The molecule has 0 aromatic heterocycles. The van der Waals surface area contributed by atoms with Crippen LogP contribution in [0.15, 0.2) is 0 Å². The summed E-state index contributed by atoms with van der Waals surface area (Å²) in [6.07, 6.45) is 0.537. The van der Waals surface area contributed by atoms with Crippen molar-refractivity contribution in [1.82, 2.24) is 0 Å². The molecule has 0 aliphatic rings. The lowest BCUT2D eigenvalue weighted by molar-refractivity contribution is -0.161. The van der Waals surface area contributed by atoms with E-state index >= 15 is 0 Å². The maximum absolute atomic E-state index is 11.5. The smallest absolute Gasteiger partial charge is 0.311 e. The fourth-order valence-electron chi connectivity index (χ4n) is 1.50. The molecular formula is C10H20O4. The normalized spacial score (nSPS) is 17.2. The van der Waals surface area contributed by atoms with Crippen molar-refractivity contribution in [2.24, 2.45) is 5.92 Å². The van der Waals surface area contributed by atoms with Gasteiger partial charge in [0.2, 0.25) is 0 Å². The summed E-state index contributed by atoms with van der Waals surface area (Å²) in [4.78, 5) is 11.5. The first-order valence-electron chi connectivity index (χ1n) is 4.87. The molecule has 2 unspecified atom stereocenters. The summed E-state index contributed by atoms with van der Waals surface area (Å²) in [5, 5.41) is 9.95. The first-order valence-corrected chi connectivity index (χ1v) is 4.87.